The maximum Gasteiger partial charge on any atom is 0.261 e. The fraction of sp³-hybridized carbons (Fsp3) is 0.318. The largest absolute Gasteiger partial charge is 0.493 e. The first-order valence-electron chi connectivity index (χ1n) is 9.23. The highest BCUT2D eigenvalue weighted by Crippen LogP contribution is 2.44. The van der Waals surface area contributed by atoms with E-state index in [1.165, 1.54) is 11.0 Å². The van der Waals surface area contributed by atoms with Crippen molar-refractivity contribution < 1.29 is 19.4 Å². The van der Waals surface area contributed by atoms with Gasteiger partial charge in [-0.3, -0.25) is 9.69 Å². The molecule has 0 saturated heterocycles. The Hall–Kier alpha value is -2.79. The molecule has 27 heavy (non-hydrogen) atoms. The van der Waals surface area contributed by atoms with Gasteiger partial charge in [-0.15, -0.1) is 0 Å². The van der Waals surface area contributed by atoms with E-state index in [4.69, 9.17) is 9.47 Å². The lowest BCUT2D eigenvalue weighted by Gasteiger charge is -2.32. The summed E-state index contributed by atoms with van der Waals surface area (Å²) < 4.78 is 11.6. The van der Waals surface area contributed by atoms with Gasteiger partial charge in [0.15, 0.2) is 17.2 Å². The highest BCUT2D eigenvalue weighted by Gasteiger charge is 2.47. The Balaban J connectivity index is 1.76. The summed E-state index contributed by atoms with van der Waals surface area (Å²) in [6, 6.07) is 12.3. The van der Waals surface area contributed by atoms with Gasteiger partial charge in [0, 0.05) is 17.2 Å². The van der Waals surface area contributed by atoms with Gasteiger partial charge in [0.05, 0.1) is 18.9 Å². The molecule has 1 saturated carbocycles. The van der Waals surface area contributed by atoms with Gasteiger partial charge in [-0.25, -0.2) is 0 Å². The summed E-state index contributed by atoms with van der Waals surface area (Å²) in [5, 5.41) is 11.3. The molecule has 1 unspecified atom stereocenters. The number of nitrogens with zero attached hydrogens (tertiary/aromatic N) is 1. The smallest absolute Gasteiger partial charge is 0.261 e. The van der Waals surface area contributed by atoms with Gasteiger partial charge < -0.3 is 14.6 Å². The first kappa shape index (κ1) is 17.6. The maximum atomic E-state index is 13.0. The molecule has 1 aliphatic carbocycles. The molecule has 1 fully saturated rings. The molecule has 5 nitrogen and oxygen atoms in total. The number of benzene rings is 2. The molecule has 5 heteroatoms. The van der Waals surface area contributed by atoms with E-state index in [1.54, 1.807) is 49.6 Å². The number of hydrogen-bond donors (Lipinski definition) is 1. The molecule has 1 heterocycles. The van der Waals surface area contributed by atoms with Gasteiger partial charge >= 0.3 is 0 Å². The van der Waals surface area contributed by atoms with Crippen LogP contribution in [0.2, 0.25) is 0 Å². The maximum absolute atomic E-state index is 13.0. The van der Waals surface area contributed by atoms with Crippen LogP contribution < -0.4 is 14.4 Å². The molecular weight excluding hydrogens is 342 g/mol. The molecule has 2 aliphatic rings. The van der Waals surface area contributed by atoms with Crippen LogP contribution in [0.15, 0.2) is 55.1 Å². The van der Waals surface area contributed by atoms with E-state index in [1.807, 2.05) is 0 Å². The summed E-state index contributed by atoms with van der Waals surface area (Å²) in [4.78, 5) is 14.4. The Labute approximate surface area is 158 Å². The lowest BCUT2D eigenvalue weighted by atomic mass is 10.0. The number of aliphatic hydroxyl groups is 1. The minimum atomic E-state index is -1.60. The van der Waals surface area contributed by atoms with Gasteiger partial charge in [-0.1, -0.05) is 24.8 Å². The normalized spacial score (nSPS) is 22.0. The average molecular weight is 365 g/mol. The summed E-state index contributed by atoms with van der Waals surface area (Å²) in [5.41, 5.74) is -0.0761. The van der Waals surface area contributed by atoms with Gasteiger partial charge in [0.2, 0.25) is 0 Å². The summed E-state index contributed by atoms with van der Waals surface area (Å²) in [6.45, 7) is 3.76. The van der Waals surface area contributed by atoms with Gasteiger partial charge in [0.25, 0.3) is 5.91 Å². The quantitative estimate of drug-likeness (QED) is 0.814. The van der Waals surface area contributed by atoms with E-state index in [0.29, 0.717) is 28.3 Å². The number of hydrogen-bond acceptors (Lipinski definition) is 4. The van der Waals surface area contributed by atoms with Crippen molar-refractivity contribution in [2.45, 2.75) is 37.5 Å². The molecule has 0 spiro atoms. The summed E-state index contributed by atoms with van der Waals surface area (Å²) in [7, 11) is 1.59. The Kier molecular flexibility index (Phi) is 4.40. The molecule has 4 rings (SSSR count). The predicted molar refractivity (Wildman–Crippen MR) is 103 cm³/mol. The molecule has 1 aliphatic heterocycles. The van der Waals surface area contributed by atoms with E-state index in [-0.39, 0.29) is 12.0 Å². The number of rotatable bonds is 5. The number of methoxy groups -OCH3 is 1. The van der Waals surface area contributed by atoms with Gasteiger partial charge in [-0.2, -0.15) is 0 Å². The van der Waals surface area contributed by atoms with Crippen molar-refractivity contribution in [2.75, 3.05) is 12.0 Å². The van der Waals surface area contributed by atoms with Crippen LogP contribution in [0.4, 0.5) is 5.69 Å². The number of anilines is 1. The number of carbonyl (C=O) groups is 1. The molecule has 2 aromatic carbocycles. The molecular formula is C22H23NO4. The zero-order chi connectivity index (χ0) is 19.0. The third-order valence-corrected chi connectivity index (χ3v) is 5.38. The Morgan fingerprint density at radius 3 is 2.63 bits per heavy atom. The van der Waals surface area contributed by atoms with Crippen LogP contribution >= 0.6 is 0 Å². The highest BCUT2D eigenvalue weighted by atomic mass is 16.5. The number of fused-ring (bicyclic) bond motifs is 1. The van der Waals surface area contributed by atoms with Gasteiger partial charge in [-0.05, 0) is 50.0 Å². The molecule has 2 aromatic rings. The Bertz CT molecular complexity index is 888. The average Bonchev–Trinajstić information content (AvgIpc) is 3.28. The van der Waals surface area contributed by atoms with E-state index in [9.17, 15) is 9.90 Å². The minimum absolute atomic E-state index is 0.152. The Morgan fingerprint density at radius 2 is 1.93 bits per heavy atom. The third-order valence-electron chi connectivity index (χ3n) is 5.38. The number of amides is 1. The minimum Gasteiger partial charge on any atom is -0.493 e. The van der Waals surface area contributed by atoms with Crippen LogP contribution in [0.5, 0.6) is 11.5 Å². The lowest BCUT2D eigenvalue weighted by molar-refractivity contribution is 0.0748. The standard InChI is InChI=1S/C22H23NO4/c1-3-22(25)18-11-7-6-10-17(18)21(24)23(22)15-12-13-19(26-2)20(14-15)27-16-8-4-5-9-16/h3,6-7,10-14,16,25H,1,4-5,8-9H2,2H3. The van der Waals surface area contributed by atoms with Crippen LogP contribution in [0, 0.1) is 0 Å². The summed E-state index contributed by atoms with van der Waals surface area (Å²) in [6.07, 6.45) is 5.87. The molecule has 1 N–H and O–H groups in total. The van der Waals surface area contributed by atoms with E-state index >= 15 is 0 Å². The van der Waals surface area contributed by atoms with Crippen molar-refractivity contribution in [3.63, 3.8) is 0 Å². The van der Waals surface area contributed by atoms with E-state index < -0.39 is 5.72 Å². The van der Waals surface area contributed by atoms with Crippen LogP contribution in [0.3, 0.4) is 0 Å². The van der Waals surface area contributed by atoms with Crippen molar-refractivity contribution in [1.29, 1.82) is 0 Å². The molecule has 1 atom stereocenters. The van der Waals surface area contributed by atoms with E-state index in [0.717, 1.165) is 25.7 Å². The van der Waals surface area contributed by atoms with Crippen molar-refractivity contribution in [1.82, 2.24) is 0 Å². The summed E-state index contributed by atoms with van der Waals surface area (Å²) >= 11 is 0. The second-order valence-electron chi connectivity index (χ2n) is 6.98. The topological polar surface area (TPSA) is 59.0 Å². The SMILES string of the molecule is C=CC1(O)c2ccccc2C(=O)N1c1ccc(OC)c(OC2CCCC2)c1. The van der Waals surface area contributed by atoms with Crippen molar-refractivity contribution in [3.05, 3.63) is 66.2 Å². The van der Waals surface area contributed by atoms with Crippen molar-refractivity contribution >= 4 is 11.6 Å². The van der Waals surface area contributed by atoms with Crippen LogP contribution in [-0.4, -0.2) is 24.2 Å². The fourth-order valence-corrected chi connectivity index (χ4v) is 3.98. The molecule has 140 valence electrons. The first-order chi connectivity index (χ1) is 13.1. The Morgan fingerprint density at radius 1 is 1.19 bits per heavy atom. The second-order valence-corrected chi connectivity index (χ2v) is 6.98. The number of ether oxygens (including phenoxy) is 2. The first-order valence-corrected chi connectivity index (χ1v) is 9.23. The monoisotopic (exact) mass is 365 g/mol. The van der Waals surface area contributed by atoms with Crippen molar-refractivity contribution in [2.24, 2.45) is 0 Å². The molecule has 1 amide bonds. The zero-order valence-corrected chi connectivity index (χ0v) is 15.4. The molecule has 0 aromatic heterocycles. The van der Waals surface area contributed by atoms with Crippen molar-refractivity contribution in [3.8, 4) is 11.5 Å². The molecule has 0 bridgehead atoms. The van der Waals surface area contributed by atoms with Crippen LogP contribution in [-0.2, 0) is 5.72 Å². The molecule has 0 radical (unpaired) electrons. The second kappa shape index (κ2) is 6.74. The summed E-state index contributed by atoms with van der Waals surface area (Å²) in [5.74, 6) is 0.916. The fourth-order valence-electron chi connectivity index (χ4n) is 3.98. The van der Waals surface area contributed by atoms with Crippen LogP contribution in [0.25, 0.3) is 0 Å². The lowest BCUT2D eigenvalue weighted by Crippen LogP contribution is -2.42. The number of carbonyl (C=O) groups excluding carboxylic acids is 1. The third kappa shape index (κ3) is 2.79. The highest BCUT2D eigenvalue weighted by molar-refractivity contribution is 6.12. The van der Waals surface area contributed by atoms with Crippen LogP contribution in [0.1, 0.15) is 41.6 Å². The van der Waals surface area contributed by atoms with E-state index in [2.05, 4.69) is 6.58 Å². The predicted octanol–water partition coefficient (Wildman–Crippen LogP) is 4.01. The zero-order valence-electron chi connectivity index (χ0n) is 15.4. The van der Waals surface area contributed by atoms with Gasteiger partial charge in [0.1, 0.15) is 0 Å².